The number of aliphatic hydroxyl groups is 1. The van der Waals surface area contributed by atoms with Gasteiger partial charge in [-0.05, 0) is 56.5 Å². The third kappa shape index (κ3) is 2.72. The second-order valence-electron chi connectivity index (χ2n) is 4.01. The SMILES string of the molecule is CCN(CCO)c1cc(C)c(C)c(C)c1. The minimum atomic E-state index is 0.208. The first-order valence-corrected chi connectivity index (χ1v) is 5.53. The number of benzene rings is 1. The molecule has 0 heterocycles. The Kier molecular flexibility index (Phi) is 4.15. The van der Waals surface area contributed by atoms with E-state index in [1.807, 2.05) is 0 Å². The zero-order valence-corrected chi connectivity index (χ0v) is 10.2. The van der Waals surface area contributed by atoms with Crippen molar-refractivity contribution < 1.29 is 5.11 Å². The van der Waals surface area contributed by atoms with Crippen molar-refractivity contribution >= 4 is 5.69 Å². The fourth-order valence-electron chi connectivity index (χ4n) is 1.79. The largest absolute Gasteiger partial charge is 0.395 e. The second-order valence-corrected chi connectivity index (χ2v) is 4.01. The lowest BCUT2D eigenvalue weighted by atomic mass is 10.0. The molecule has 0 fully saturated rings. The van der Waals surface area contributed by atoms with Gasteiger partial charge in [0, 0.05) is 18.8 Å². The molecule has 0 aromatic heterocycles. The van der Waals surface area contributed by atoms with E-state index in [1.54, 1.807) is 0 Å². The number of aryl methyl sites for hydroxylation is 2. The fourth-order valence-corrected chi connectivity index (χ4v) is 1.79. The van der Waals surface area contributed by atoms with E-state index in [4.69, 9.17) is 5.11 Å². The van der Waals surface area contributed by atoms with Gasteiger partial charge in [0.1, 0.15) is 0 Å². The number of aliphatic hydroxyl groups excluding tert-OH is 1. The number of rotatable bonds is 4. The summed E-state index contributed by atoms with van der Waals surface area (Å²) in [5, 5.41) is 8.98. The number of hydrogen-bond acceptors (Lipinski definition) is 2. The maximum atomic E-state index is 8.98. The molecule has 1 aromatic rings. The van der Waals surface area contributed by atoms with Crippen molar-refractivity contribution in [3.05, 3.63) is 28.8 Å². The van der Waals surface area contributed by atoms with Crippen molar-refractivity contribution in [2.45, 2.75) is 27.7 Å². The van der Waals surface area contributed by atoms with Crippen LogP contribution in [-0.4, -0.2) is 24.8 Å². The molecule has 0 aliphatic rings. The Morgan fingerprint density at radius 2 is 1.67 bits per heavy atom. The number of nitrogens with zero attached hydrogens (tertiary/aromatic N) is 1. The smallest absolute Gasteiger partial charge is 0.0606 e. The summed E-state index contributed by atoms with van der Waals surface area (Å²) >= 11 is 0. The van der Waals surface area contributed by atoms with Gasteiger partial charge in [-0.25, -0.2) is 0 Å². The van der Waals surface area contributed by atoms with Gasteiger partial charge in [0.25, 0.3) is 0 Å². The van der Waals surface area contributed by atoms with Crippen LogP contribution >= 0.6 is 0 Å². The average molecular weight is 207 g/mol. The maximum absolute atomic E-state index is 8.98. The molecule has 0 saturated heterocycles. The highest BCUT2D eigenvalue weighted by Gasteiger charge is 2.06. The minimum Gasteiger partial charge on any atom is -0.395 e. The fraction of sp³-hybridized carbons (Fsp3) is 0.538. The molecule has 0 radical (unpaired) electrons. The van der Waals surface area contributed by atoms with Crippen LogP contribution in [0.2, 0.25) is 0 Å². The van der Waals surface area contributed by atoms with Gasteiger partial charge in [0.2, 0.25) is 0 Å². The molecule has 0 amide bonds. The maximum Gasteiger partial charge on any atom is 0.0606 e. The quantitative estimate of drug-likeness (QED) is 0.819. The molecule has 0 aliphatic heterocycles. The zero-order valence-electron chi connectivity index (χ0n) is 10.2. The zero-order chi connectivity index (χ0) is 11.4. The third-order valence-electron chi connectivity index (χ3n) is 3.03. The summed E-state index contributed by atoms with van der Waals surface area (Å²) in [6, 6.07) is 4.39. The van der Waals surface area contributed by atoms with E-state index in [-0.39, 0.29) is 6.61 Å². The Morgan fingerprint density at radius 1 is 1.13 bits per heavy atom. The highest BCUT2D eigenvalue weighted by Crippen LogP contribution is 2.22. The lowest BCUT2D eigenvalue weighted by Gasteiger charge is -2.23. The van der Waals surface area contributed by atoms with Gasteiger partial charge in [0.15, 0.2) is 0 Å². The number of anilines is 1. The molecule has 0 atom stereocenters. The van der Waals surface area contributed by atoms with Crippen LogP contribution in [-0.2, 0) is 0 Å². The van der Waals surface area contributed by atoms with Crippen LogP contribution in [0.1, 0.15) is 23.6 Å². The molecule has 2 heteroatoms. The van der Waals surface area contributed by atoms with Crippen molar-refractivity contribution in [3.8, 4) is 0 Å². The molecule has 1 aromatic carbocycles. The molecule has 15 heavy (non-hydrogen) atoms. The number of hydrogen-bond donors (Lipinski definition) is 1. The standard InChI is InChI=1S/C13H21NO/c1-5-14(6-7-15)13-8-10(2)12(4)11(3)9-13/h8-9,15H,5-7H2,1-4H3. The minimum absolute atomic E-state index is 0.208. The topological polar surface area (TPSA) is 23.5 Å². The first kappa shape index (κ1) is 12.1. The molecular formula is C13H21NO. The van der Waals surface area contributed by atoms with Crippen LogP contribution in [0.25, 0.3) is 0 Å². The third-order valence-corrected chi connectivity index (χ3v) is 3.03. The lowest BCUT2D eigenvalue weighted by Crippen LogP contribution is -2.26. The second kappa shape index (κ2) is 5.17. The van der Waals surface area contributed by atoms with Gasteiger partial charge in [-0.2, -0.15) is 0 Å². The molecule has 0 saturated carbocycles. The van der Waals surface area contributed by atoms with Crippen LogP contribution in [0, 0.1) is 20.8 Å². The predicted octanol–water partition coefficient (Wildman–Crippen LogP) is 2.43. The summed E-state index contributed by atoms with van der Waals surface area (Å²) in [6.45, 7) is 10.4. The summed E-state index contributed by atoms with van der Waals surface area (Å²) in [4.78, 5) is 2.19. The normalized spacial score (nSPS) is 10.5. The lowest BCUT2D eigenvalue weighted by molar-refractivity contribution is 0.302. The molecule has 0 spiro atoms. The van der Waals surface area contributed by atoms with Crippen LogP contribution in [0.4, 0.5) is 5.69 Å². The molecule has 0 unspecified atom stereocenters. The van der Waals surface area contributed by atoms with Crippen molar-refractivity contribution in [2.75, 3.05) is 24.6 Å². The molecule has 2 nitrogen and oxygen atoms in total. The Hall–Kier alpha value is -1.02. The van der Waals surface area contributed by atoms with Gasteiger partial charge in [0.05, 0.1) is 6.61 Å². The van der Waals surface area contributed by atoms with E-state index < -0.39 is 0 Å². The van der Waals surface area contributed by atoms with Crippen molar-refractivity contribution in [1.82, 2.24) is 0 Å². The van der Waals surface area contributed by atoms with E-state index in [1.165, 1.54) is 22.4 Å². The predicted molar refractivity (Wildman–Crippen MR) is 65.6 cm³/mol. The Bertz CT molecular complexity index is 310. The van der Waals surface area contributed by atoms with Gasteiger partial charge in [-0.3, -0.25) is 0 Å². The van der Waals surface area contributed by atoms with Gasteiger partial charge in [-0.1, -0.05) is 0 Å². The highest BCUT2D eigenvalue weighted by atomic mass is 16.3. The highest BCUT2D eigenvalue weighted by molar-refractivity contribution is 5.53. The first-order valence-electron chi connectivity index (χ1n) is 5.53. The first-order chi connectivity index (χ1) is 7.10. The Morgan fingerprint density at radius 3 is 2.07 bits per heavy atom. The van der Waals surface area contributed by atoms with Gasteiger partial charge < -0.3 is 10.0 Å². The van der Waals surface area contributed by atoms with E-state index in [9.17, 15) is 0 Å². The van der Waals surface area contributed by atoms with E-state index >= 15 is 0 Å². The van der Waals surface area contributed by atoms with Gasteiger partial charge in [-0.15, -0.1) is 0 Å². The summed E-state index contributed by atoms with van der Waals surface area (Å²) in [5.74, 6) is 0. The molecule has 84 valence electrons. The molecule has 1 N–H and O–H groups in total. The van der Waals surface area contributed by atoms with Crippen LogP contribution in [0.15, 0.2) is 12.1 Å². The molecular weight excluding hydrogens is 186 g/mol. The number of likely N-dealkylation sites (N-methyl/N-ethyl adjacent to an activating group) is 1. The molecule has 0 aliphatic carbocycles. The van der Waals surface area contributed by atoms with Crippen LogP contribution in [0.5, 0.6) is 0 Å². The van der Waals surface area contributed by atoms with E-state index in [0.29, 0.717) is 6.54 Å². The van der Waals surface area contributed by atoms with Crippen molar-refractivity contribution in [2.24, 2.45) is 0 Å². The van der Waals surface area contributed by atoms with Crippen molar-refractivity contribution in [3.63, 3.8) is 0 Å². The van der Waals surface area contributed by atoms with E-state index in [0.717, 1.165) is 6.54 Å². The summed E-state index contributed by atoms with van der Waals surface area (Å²) < 4.78 is 0. The molecule has 1 rings (SSSR count). The monoisotopic (exact) mass is 207 g/mol. The summed E-state index contributed by atoms with van der Waals surface area (Å²) in [7, 11) is 0. The Balaban J connectivity index is 3.03. The van der Waals surface area contributed by atoms with Crippen LogP contribution in [0.3, 0.4) is 0 Å². The average Bonchev–Trinajstić information content (AvgIpc) is 2.22. The van der Waals surface area contributed by atoms with E-state index in [2.05, 4.69) is 44.7 Å². The van der Waals surface area contributed by atoms with Crippen molar-refractivity contribution in [1.29, 1.82) is 0 Å². The molecule has 0 bridgehead atoms. The van der Waals surface area contributed by atoms with Gasteiger partial charge >= 0.3 is 0 Å². The van der Waals surface area contributed by atoms with Crippen LogP contribution < -0.4 is 4.90 Å². The summed E-state index contributed by atoms with van der Waals surface area (Å²) in [5.41, 5.74) is 5.22. The Labute approximate surface area is 92.5 Å². The summed E-state index contributed by atoms with van der Waals surface area (Å²) in [6.07, 6.45) is 0.